The molecule has 27 heavy (non-hydrogen) atoms. The summed E-state index contributed by atoms with van der Waals surface area (Å²) in [6.07, 6.45) is 12.6. The number of hydrogen-bond acceptors (Lipinski definition) is 4. The molecular formula is C19H36O6P2. The molecule has 0 aliphatic carbocycles. The van der Waals surface area contributed by atoms with Crippen LogP contribution in [-0.2, 0) is 18.4 Å². The Morgan fingerprint density at radius 1 is 1.11 bits per heavy atom. The molecule has 0 saturated carbocycles. The zero-order valence-electron chi connectivity index (χ0n) is 17.2. The third-order valence-electron chi connectivity index (χ3n) is 3.37. The lowest BCUT2D eigenvalue weighted by Crippen LogP contribution is -2.09. The summed E-state index contributed by atoms with van der Waals surface area (Å²) in [5.41, 5.74) is 1.28. The minimum atomic E-state index is -4.43. The molecule has 0 aromatic carbocycles. The summed E-state index contributed by atoms with van der Waals surface area (Å²) < 4.78 is 34.2. The predicted molar refractivity (Wildman–Crippen MR) is 112 cm³/mol. The normalized spacial score (nSPS) is 16.1. The molecule has 0 aromatic heterocycles. The largest absolute Gasteiger partial charge is 0.367 e. The van der Waals surface area contributed by atoms with Crippen molar-refractivity contribution in [3.63, 3.8) is 0 Å². The fraction of sp³-hybridized carbons (Fsp3) is 0.684. The molecule has 0 saturated heterocycles. The molecule has 2 N–H and O–H groups in total. The van der Waals surface area contributed by atoms with Crippen molar-refractivity contribution >= 4 is 15.0 Å². The minimum absolute atomic E-state index is 0.239. The van der Waals surface area contributed by atoms with Crippen LogP contribution < -0.4 is 0 Å². The molecule has 6 nitrogen and oxygen atoms in total. The van der Waals surface area contributed by atoms with E-state index >= 15 is 0 Å². The first kappa shape index (κ1) is 26.5. The van der Waals surface area contributed by atoms with Crippen molar-refractivity contribution in [2.45, 2.75) is 60.0 Å². The Kier molecular flexibility index (Phi) is 13.4. The highest BCUT2D eigenvalue weighted by atomic mass is 31.2. The first-order chi connectivity index (χ1) is 12.4. The van der Waals surface area contributed by atoms with E-state index in [0.29, 0.717) is 5.92 Å². The van der Waals surface area contributed by atoms with E-state index in [-0.39, 0.29) is 13.0 Å². The summed E-state index contributed by atoms with van der Waals surface area (Å²) >= 11 is 0. The van der Waals surface area contributed by atoms with Crippen molar-refractivity contribution in [1.29, 1.82) is 0 Å². The van der Waals surface area contributed by atoms with Crippen LogP contribution in [0.1, 0.15) is 53.9 Å². The van der Waals surface area contributed by atoms with Crippen molar-refractivity contribution in [2.24, 2.45) is 5.92 Å². The standard InChI is InChI=1S/C19H36O6P2/c1-17(2)11-10-13-19(5)12-8-6-7-9-14-24-15-26(20,25-18(3)4)16-27(21,22)23/h7,9-11,13,18-19H,6,8,12,14-16H2,1-5H3,(H2,21,22,23). The van der Waals surface area contributed by atoms with Crippen molar-refractivity contribution in [1.82, 2.24) is 0 Å². The Balaban J connectivity index is 4.13. The smallest absolute Gasteiger partial charge is 0.335 e. The van der Waals surface area contributed by atoms with Crippen LogP contribution >= 0.6 is 15.0 Å². The van der Waals surface area contributed by atoms with Gasteiger partial charge in [0.05, 0.1) is 12.7 Å². The van der Waals surface area contributed by atoms with Crippen LogP contribution in [0, 0.1) is 5.92 Å². The van der Waals surface area contributed by atoms with Gasteiger partial charge in [0.2, 0.25) is 7.37 Å². The second-order valence-electron chi connectivity index (χ2n) is 7.28. The third kappa shape index (κ3) is 17.4. The Bertz CT molecular complexity index is 585. The van der Waals surface area contributed by atoms with E-state index in [1.807, 2.05) is 12.2 Å². The number of ether oxygens (including phenoxy) is 1. The Morgan fingerprint density at radius 2 is 1.78 bits per heavy atom. The summed E-state index contributed by atoms with van der Waals surface area (Å²) in [5, 5.41) is 0. The molecule has 0 aliphatic rings. The fourth-order valence-electron chi connectivity index (χ4n) is 2.31. The SMILES string of the molecule is CC(C)=CC=CC(C)CCCC=CCOCP(=O)(CP(=O)(O)O)OC(C)C. The second kappa shape index (κ2) is 13.7. The first-order valence-electron chi connectivity index (χ1n) is 9.29. The molecule has 0 fully saturated rings. The maximum atomic E-state index is 12.5. The Hall–Kier alpha value is -0.480. The van der Waals surface area contributed by atoms with Gasteiger partial charge in [-0.05, 0) is 52.9 Å². The lowest BCUT2D eigenvalue weighted by atomic mass is 10.0. The highest BCUT2D eigenvalue weighted by Crippen LogP contribution is 2.58. The molecule has 0 rings (SSSR count). The van der Waals surface area contributed by atoms with Crippen molar-refractivity contribution < 1.29 is 28.2 Å². The average molecular weight is 422 g/mol. The highest BCUT2D eigenvalue weighted by Gasteiger charge is 2.33. The molecule has 2 unspecified atom stereocenters. The molecule has 158 valence electrons. The third-order valence-corrected chi connectivity index (χ3v) is 7.95. The van der Waals surface area contributed by atoms with Crippen LogP contribution in [0.4, 0.5) is 0 Å². The monoisotopic (exact) mass is 422 g/mol. The molecule has 0 radical (unpaired) electrons. The summed E-state index contributed by atoms with van der Waals surface area (Å²) in [7, 11) is -7.95. The van der Waals surface area contributed by atoms with Crippen molar-refractivity contribution in [3.8, 4) is 0 Å². The van der Waals surface area contributed by atoms with Crippen LogP contribution in [0.2, 0.25) is 0 Å². The number of hydrogen-bond donors (Lipinski definition) is 2. The van der Waals surface area contributed by atoms with Gasteiger partial charge in [-0.1, -0.05) is 42.9 Å². The second-order valence-corrected chi connectivity index (χ2v) is 11.8. The van der Waals surface area contributed by atoms with Crippen LogP contribution in [0.15, 0.2) is 36.0 Å². The van der Waals surface area contributed by atoms with Gasteiger partial charge in [-0.2, -0.15) is 0 Å². The van der Waals surface area contributed by atoms with Gasteiger partial charge in [0.1, 0.15) is 12.3 Å². The molecule has 0 heterocycles. The van der Waals surface area contributed by atoms with Crippen LogP contribution in [0.3, 0.4) is 0 Å². The van der Waals surface area contributed by atoms with E-state index in [9.17, 15) is 9.13 Å². The van der Waals surface area contributed by atoms with Crippen LogP contribution in [0.25, 0.3) is 0 Å². The summed E-state index contributed by atoms with van der Waals surface area (Å²) in [5.74, 6) is -0.267. The van der Waals surface area contributed by atoms with E-state index in [0.717, 1.165) is 19.3 Å². The zero-order chi connectivity index (χ0) is 20.9. The number of allylic oxidation sites excluding steroid dienone is 5. The Labute approximate surface area is 164 Å². The molecule has 0 aromatic rings. The number of unbranched alkanes of at least 4 members (excludes halogenated alkanes) is 1. The van der Waals surface area contributed by atoms with Crippen molar-refractivity contribution in [3.05, 3.63) is 36.0 Å². The van der Waals surface area contributed by atoms with Crippen molar-refractivity contribution in [2.75, 3.05) is 18.9 Å². The van der Waals surface area contributed by atoms with Gasteiger partial charge in [-0.25, -0.2) is 0 Å². The van der Waals surface area contributed by atoms with Crippen LogP contribution in [-0.4, -0.2) is 34.7 Å². The van der Waals surface area contributed by atoms with E-state index in [2.05, 4.69) is 39.0 Å². The lowest BCUT2D eigenvalue weighted by molar-refractivity contribution is 0.174. The van der Waals surface area contributed by atoms with Gasteiger partial charge in [0.25, 0.3) is 0 Å². The van der Waals surface area contributed by atoms with E-state index < -0.39 is 27.0 Å². The molecule has 0 bridgehead atoms. The Morgan fingerprint density at radius 3 is 2.33 bits per heavy atom. The van der Waals surface area contributed by atoms with Gasteiger partial charge in [-0.15, -0.1) is 0 Å². The van der Waals surface area contributed by atoms with E-state index in [4.69, 9.17) is 19.0 Å². The molecule has 8 heteroatoms. The zero-order valence-corrected chi connectivity index (χ0v) is 19.0. The van der Waals surface area contributed by atoms with E-state index in [1.54, 1.807) is 13.8 Å². The first-order valence-corrected chi connectivity index (χ1v) is 13.1. The molecular weight excluding hydrogens is 386 g/mol. The van der Waals surface area contributed by atoms with Gasteiger partial charge < -0.3 is 19.0 Å². The molecule has 0 aliphatic heterocycles. The molecule has 0 amide bonds. The number of rotatable bonds is 14. The van der Waals surface area contributed by atoms with E-state index in [1.165, 1.54) is 5.57 Å². The molecule has 2 atom stereocenters. The van der Waals surface area contributed by atoms with Gasteiger partial charge in [0, 0.05) is 0 Å². The minimum Gasteiger partial charge on any atom is -0.367 e. The van der Waals surface area contributed by atoms with Gasteiger partial charge in [-0.3, -0.25) is 9.13 Å². The topological polar surface area (TPSA) is 93.1 Å². The van der Waals surface area contributed by atoms with Gasteiger partial charge in [0.15, 0.2) is 0 Å². The molecule has 0 spiro atoms. The quantitative estimate of drug-likeness (QED) is 0.162. The summed E-state index contributed by atoms with van der Waals surface area (Å²) in [6, 6.07) is 0. The highest BCUT2D eigenvalue weighted by molar-refractivity contribution is 7.73. The average Bonchev–Trinajstić information content (AvgIpc) is 2.46. The maximum Gasteiger partial charge on any atom is 0.335 e. The van der Waals surface area contributed by atoms with Gasteiger partial charge >= 0.3 is 7.60 Å². The lowest BCUT2D eigenvalue weighted by Gasteiger charge is -2.21. The summed E-state index contributed by atoms with van der Waals surface area (Å²) in [6.45, 7) is 9.91. The maximum absolute atomic E-state index is 12.5. The predicted octanol–water partition coefficient (Wildman–Crippen LogP) is 5.68. The summed E-state index contributed by atoms with van der Waals surface area (Å²) in [4.78, 5) is 18.1. The fourth-order valence-corrected chi connectivity index (χ4v) is 6.36. The van der Waals surface area contributed by atoms with Crippen LogP contribution in [0.5, 0.6) is 0 Å².